The molecular weight excluding hydrogens is 242 g/mol. The van der Waals surface area contributed by atoms with E-state index >= 15 is 0 Å². The number of nitrogens with one attached hydrogen (secondary N) is 1. The van der Waals surface area contributed by atoms with E-state index in [4.69, 9.17) is 9.47 Å². The van der Waals surface area contributed by atoms with Gasteiger partial charge in [0, 0.05) is 30.5 Å². The van der Waals surface area contributed by atoms with Gasteiger partial charge in [-0.2, -0.15) is 0 Å². The Labute approximate surface area is 113 Å². The van der Waals surface area contributed by atoms with Crippen LogP contribution in [-0.2, 0) is 0 Å². The summed E-state index contributed by atoms with van der Waals surface area (Å²) in [6, 6.07) is 5.65. The topological polar surface area (TPSA) is 50.7 Å². The normalized spacial score (nSPS) is 33.6. The molecule has 2 heterocycles. The first-order valence-electron chi connectivity index (χ1n) is 6.90. The van der Waals surface area contributed by atoms with E-state index < -0.39 is 6.10 Å². The van der Waals surface area contributed by atoms with Crippen LogP contribution in [0.2, 0.25) is 0 Å². The third-order valence-corrected chi connectivity index (χ3v) is 4.51. The number of aliphatic hydroxyl groups excluding tert-OH is 1. The standard InChI is InChI=1S/C15H21NO3/c1-10-9-16-6-5-15(10)8-13(17)12-4-3-11(18-2)7-14(12)19-15/h3-4,7,10,13,16-17H,5-6,8-9H2,1-2H3/t10?,13-,15?/m0/s1. The van der Waals surface area contributed by atoms with Crippen LogP contribution in [0.25, 0.3) is 0 Å². The first kappa shape index (κ1) is 12.8. The van der Waals surface area contributed by atoms with Crippen LogP contribution in [0.15, 0.2) is 18.2 Å². The third kappa shape index (κ3) is 2.09. The molecule has 0 bridgehead atoms. The predicted octanol–water partition coefficient (Wildman–Crippen LogP) is 1.88. The highest BCUT2D eigenvalue weighted by Gasteiger charge is 2.45. The number of rotatable bonds is 1. The number of hydrogen-bond acceptors (Lipinski definition) is 4. The molecule has 3 rings (SSSR count). The molecule has 1 spiro atoms. The molecule has 0 radical (unpaired) electrons. The van der Waals surface area contributed by atoms with Gasteiger partial charge in [0.1, 0.15) is 17.1 Å². The fraction of sp³-hybridized carbons (Fsp3) is 0.600. The molecule has 0 aliphatic carbocycles. The van der Waals surface area contributed by atoms with Crippen LogP contribution >= 0.6 is 0 Å². The molecular formula is C15H21NO3. The van der Waals surface area contributed by atoms with Gasteiger partial charge in [0.05, 0.1) is 13.2 Å². The van der Waals surface area contributed by atoms with Crippen molar-refractivity contribution in [3.8, 4) is 11.5 Å². The van der Waals surface area contributed by atoms with Gasteiger partial charge in [-0.15, -0.1) is 0 Å². The van der Waals surface area contributed by atoms with Crippen molar-refractivity contribution in [1.29, 1.82) is 0 Å². The van der Waals surface area contributed by atoms with Gasteiger partial charge in [-0.25, -0.2) is 0 Å². The van der Waals surface area contributed by atoms with Crippen molar-refractivity contribution in [2.24, 2.45) is 5.92 Å². The molecule has 4 nitrogen and oxygen atoms in total. The number of hydrogen-bond donors (Lipinski definition) is 2. The van der Waals surface area contributed by atoms with Crippen LogP contribution in [0.5, 0.6) is 11.5 Å². The summed E-state index contributed by atoms with van der Waals surface area (Å²) in [7, 11) is 1.64. The number of methoxy groups -OCH3 is 1. The number of aliphatic hydroxyl groups is 1. The lowest BCUT2D eigenvalue weighted by molar-refractivity contribution is -0.0660. The molecule has 0 saturated carbocycles. The van der Waals surface area contributed by atoms with Gasteiger partial charge in [-0.1, -0.05) is 6.92 Å². The molecule has 1 fully saturated rings. The van der Waals surface area contributed by atoms with Gasteiger partial charge < -0.3 is 19.9 Å². The second-order valence-electron chi connectivity index (χ2n) is 5.65. The maximum Gasteiger partial charge on any atom is 0.129 e. The molecule has 19 heavy (non-hydrogen) atoms. The molecule has 2 unspecified atom stereocenters. The van der Waals surface area contributed by atoms with Crippen LogP contribution in [-0.4, -0.2) is 30.9 Å². The fourth-order valence-electron chi connectivity index (χ4n) is 3.21. The van der Waals surface area contributed by atoms with Gasteiger partial charge >= 0.3 is 0 Å². The van der Waals surface area contributed by atoms with Crippen LogP contribution in [0.1, 0.15) is 31.4 Å². The quantitative estimate of drug-likeness (QED) is 0.812. The van der Waals surface area contributed by atoms with Crippen LogP contribution < -0.4 is 14.8 Å². The molecule has 0 amide bonds. The largest absolute Gasteiger partial charge is 0.497 e. The Kier molecular flexibility index (Phi) is 3.15. The zero-order chi connectivity index (χ0) is 13.5. The van der Waals surface area contributed by atoms with Gasteiger partial charge in [0.15, 0.2) is 0 Å². The maximum atomic E-state index is 10.4. The molecule has 104 valence electrons. The lowest BCUT2D eigenvalue weighted by Crippen LogP contribution is -2.55. The zero-order valence-corrected chi connectivity index (χ0v) is 11.5. The van der Waals surface area contributed by atoms with Crippen LogP contribution in [0, 0.1) is 5.92 Å². The van der Waals surface area contributed by atoms with Crippen LogP contribution in [0.3, 0.4) is 0 Å². The molecule has 2 aliphatic heterocycles. The number of piperidine rings is 1. The molecule has 3 atom stereocenters. The van der Waals surface area contributed by atoms with Crippen molar-refractivity contribution in [3.63, 3.8) is 0 Å². The van der Waals surface area contributed by atoms with Gasteiger partial charge in [-0.3, -0.25) is 0 Å². The summed E-state index contributed by atoms with van der Waals surface area (Å²) < 4.78 is 11.5. The lowest BCUT2D eigenvalue weighted by Gasteiger charge is -2.47. The predicted molar refractivity (Wildman–Crippen MR) is 72.6 cm³/mol. The van der Waals surface area contributed by atoms with E-state index in [1.54, 1.807) is 7.11 Å². The molecule has 1 aromatic rings. The minimum absolute atomic E-state index is 0.246. The van der Waals surface area contributed by atoms with Gasteiger partial charge in [-0.05, 0) is 25.1 Å². The monoisotopic (exact) mass is 263 g/mol. The van der Waals surface area contributed by atoms with Gasteiger partial charge in [0.2, 0.25) is 0 Å². The van der Waals surface area contributed by atoms with E-state index in [9.17, 15) is 5.11 Å². The Morgan fingerprint density at radius 3 is 3.05 bits per heavy atom. The first-order chi connectivity index (χ1) is 9.14. The van der Waals surface area contributed by atoms with Crippen LogP contribution in [0.4, 0.5) is 0 Å². The summed E-state index contributed by atoms with van der Waals surface area (Å²) in [5.41, 5.74) is 0.626. The van der Waals surface area contributed by atoms with Crippen molar-refractivity contribution in [2.45, 2.75) is 31.5 Å². The summed E-state index contributed by atoms with van der Waals surface area (Å²) in [5, 5.41) is 13.8. The summed E-state index contributed by atoms with van der Waals surface area (Å²) in [4.78, 5) is 0. The zero-order valence-electron chi connectivity index (χ0n) is 11.5. The van der Waals surface area contributed by atoms with E-state index in [-0.39, 0.29) is 5.60 Å². The Balaban J connectivity index is 1.97. The maximum absolute atomic E-state index is 10.4. The minimum Gasteiger partial charge on any atom is -0.497 e. The van der Waals surface area contributed by atoms with E-state index in [2.05, 4.69) is 12.2 Å². The smallest absolute Gasteiger partial charge is 0.129 e. The minimum atomic E-state index is -0.449. The number of ether oxygens (including phenoxy) is 2. The average molecular weight is 263 g/mol. The molecule has 4 heteroatoms. The fourth-order valence-corrected chi connectivity index (χ4v) is 3.21. The molecule has 2 N–H and O–H groups in total. The molecule has 2 aliphatic rings. The summed E-state index contributed by atoms with van der Waals surface area (Å²) in [5.74, 6) is 1.92. The number of fused-ring (bicyclic) bond motifs is 1. The van der Waals surface area contributed by atoms with E-state index in [1.165, 1.54) is 0 Å². The summed E-state index contributed by atoms with van der Waals surface area (Å²) >= 11 is 0. The first-order valence-corrected chi connectivity index (χ1v) is 6.90. The number of benzene rings is 1. The summed E-state index contributed by atoms with van der Waals surface area (Å²) in [6.07, 6.45) is 1.16. The SMILES string of the molecule is COc1ccc2c(c1)OC1(CCNCC1C)C[C@@H]2O. The van der Waals surface area contributed by atoms with Crippen molar-refractivity contribution < 1.29 is 14.6 Å². The molecule has 0 aromatic heterocycles. The molecule has 1 saturated heterocycles. The Bertz CT molecular complexity index is 476. The Hall–Kier alpha value is -1.26. The highest BCUT2D eigenvalue weighted by atomic mass is 16.5. The van der Waals surface area contributed by atoms with Gasteiger partial charge in [0.25, 0.3) is 0 Å². The van der Waals surface area contributed by atoms with Crippen molar-refractivity contribution in [1.82, 2.24) is 5.32 Å². The Morgan fingerprint density at radius 1 is 1.47 bits per heavy atom. The average Bonchev–Trinajstić information content (AvgIpc) is 2.41. The second-order valence-corrected chi connectivity index (χ2v) is 5.65. The van der Waals surface area contributed by atoms with Crippen molar-refractivity contribution >= 4 is 0 Å². The lowest BCUT2D eigenvalue weighted by atomic mass is 9.76. The van der Waals surface area contributed by atoms with E-state index in [0.717, 1.165) is 36.6 Å². The van der Waals surface area contributed by atoms with E-state index in [1.807, 2.05) is 18.2 Å². The van der Waals surface area contributed by atoms with Crippen molar-refractivity contribution in [3.05, 3.63) is 23.8 Å². The highest BCUT2D eigenvalue weighted by molar-refractivity contribution is 5.44. The third-order valence-electron chi connectivity index (χ3n) is 4.51. The highest BCUT2D eigenvalue weighted by Crippen LogP contribution is 2.46. The van der Waals surface area contributed by atoms with Crippen molar-refractivity contribution in [2.75, 3.05) is 20.2 Å². The Morgan fingerprint density at radius 2 is 2.32 bits per heavy atom. The molecule has 1 aromatic carbocycles. The van der Waals surface area contributed by atoms with E-state index in [0.29, 0.717) is 12.3 Å². The second kappa shape index (κ2) is 4.69. The summed E-state index contributed by atoms with van der Waals surface area (Å²) in [6.45, 7) is 4.06.